The standard InChI is InChI=1S/C35H34N4OS/c1-22-12-16-28(17-13-22)40-29-18-14-27(15-19-29)39-34(33(37-35(39)41)31-10-6-7-20-36-31)30-21-24(3)38(26(30)5)32-11-8-9-23(2)25(32)4/h6-21,33-34H,1-5H3,(H,37,41)/t33-,34-/m1/s1. The molecule has 206 valence electrons. The van der Waals surface area contributed by atoms with E-state index in [1.807, 2.05) is 42.6 Å². The van der Waals surface area contributed by atoms with Crippen LogP contribution in [0.15, 0.2) is 97.2 Å². The first-order valence-electron chi connectivity index (χ1n) is 13.9. The van der Waals surface area contributed by atoms with Crippen molar-refractivity contribution in [3.63, 3.8) is 0 Å². The molecule has 5 aromatic rings. The molecule has 1 fully saturated rings. The molecule has 6 rings (SSSR count). The lowest BCUT2D eigenvalue weighted by Crippen LogP contribution is -2.29. The van der Waals surface area contributed by atoms with E-state index in [9.17, 15) is 0 Å². The molecule has 3 aromatic carbocycles. The summed E-state index contributed by atoms with van der Waals surface area (Å²) in [6.45, 7) is 10.8. The van der Waals surface area contributed by atoms with E-state index in [-0.39, 0.29) is 12.1 Å². The van der Waals surface area contributed by atoms with Crippen LogP contribution in [0.3, 0.4) is 0 Å². The topological polar surface area (TPSA) is 42.3 Å². The third kappa shape index (κ3) is 5.00. The van der Waals surface area contributed by atoms with E-state index in [1.165, 1.54) is 39.3 Å². The Labute approximate surface area is 247 Å². The maximum Gasteiger partial charge on any atom is 0.174 e. The zero-order valence-corrected chi connectivity index (χ0v) is 24.9. The molecule has 0 aliphatic carbocycles. The van der Waals surface area contributed by atoms with Crippen molar-refractivity contribution < 1.29 is 4.74 Å². The number of nitrogens with one attached hydrogen (secondary N) is 1. The Morgan fingerprint density at radius 3 is 2.20 bits per heavy atom. The largest absolute Gasteiger partial charge is 0.457 e. The summed E-state index contributed by atoms with van der Waals surface area (Å²) in [5.41, 5.74) is 10.5. The molecule has 0 spiro atoms. The van der Waals surface area contributed by atoms with Crippen LogP contribution in [-0.2, 0) is 0 Å². The summed E-state index contributed by atoms with van der Waals surface area (Å²) in [5.74, 6) is 1.59. The fourth-order valence-electron chi connectivity index (χ4n) is 5.80. The molecular weight excluding hydrogens is 524 g/mol. The predicted octanol–water partition coefficient (Wildman–Crippen LogP) is 8.38. The molecule has 0 unspecified atom stereocenters. The SMILES string of the molecule is Cc1ccc(Oc2ccc(N3C(=S)N[C@H](c4ccccn4)[C@H]3c3cc(C)n(-c4cccc(C)c4C)c3C)cc2)cc1. The Hall–Kier alpha value is -4.42. The van der Waals surface area contributed by atoms with Crippen LogP contribution in [0.25, 0.3) is 5.69 Å². The normalized spacial score (nSPS) is 16.6. The summed E-state index contributed by atoms with van der Waals surface area (Å²) >= 11 is 5.99. The average Bonchev–Trinajstić information content (AvgIpc) is 3.47. The van der Waals surface area contributed by atoms with Crippen LogP contribution in [0, 0.1) is 34.6 Å². The minimum absolute atomic E-state index is 0.0914. The van der Waals surface area contributed by atoms with E-state index < -0.39 is 0 Å². The highest BCUT2D eigenvalue weighted by molar-refractivity contribution is 7.80. The van der Waals surface area contributed by atoms with Crippen LogP contribution in [0.2, 0.25) is 0 Å². The van der Waals surface area contributed by atoms with Crippen molar-refractivity contribution in [3.8, 4) is 17.2 Å². The van der Waals surface area contributed by atoms with Crippen molar-refractivity contribution in [1.82, 2.24) is 14.9 Å². The van der Waals surface area contributed by atoms with Gasteiger partial charge in [-0.1, -0.05) is 35.9 Å². The van der Waals surface area contributed by atoms with Gasteiger partial charge in [-0.25, -0.2) is 0 Å². The van der Waals surface area contributed by atoms with Gasteiger partial charge in [0, 0.05) is 29.0 Å². The first-order valence-corrected chi connectivity index (χ1v) is 14.3. The smallest absolute Gasteiger partial charge is 0.174 e. The van der Waals surface area contributed by atoms with E-state index >= 15 is 0 Å². The number of benzene rings is 3. The van der Waals surface area contributed by atoms with Crippen LogP contribution in [-0.4, -0.2) is 14.7 Å². The number of aryl methyl sites for hydroxylation is 3. The monoisotopic (exact) mass is 558 g/mol. The molecule has 0 radical (unpaired) electrons. The van der Waals surface area contributed by atoms with Crippen molar-refractivity contribution in [1.29, 1.82) is 0 Å². The Morgan fingerprint density at radius 1 is 0.805 bits per heavy atom. The third-order valence-corrected chi connectivity index (χ3v) is 8.39. The minimum atomic E-state index is -0.111. The number of hydrogen-bond donors (Lipinski definition) is 1. The highest BCUT2D eigenvalue weighted by Gasteiger charge is 2.42. The van der Waals surface area contributed by atoms with Gasteiger partial charge in [-0.15, -0.1) is 0 Å². The lowest BCUT2D eigenvalue weighted by Gasteiger charge is -2.28. The Kier molecular flexibility index (Phi) is 7.10. The number of rotatable bonds is 6. The molecule has 1 aliphatic rings. The number of nitrogens with zero attached hydrogens (tertiary/aromatic N) is 3. The Bertz CT molecular complexity index is 1710. The van der Waals surface area contributed by atoms with Crippen molar-refractivity contribution in [2.75, 3.05) is 4.90 Å². The maximum atomic E-state index is 6.11. The van der Waals surface area contributed by atoms with E-state index in [1.54, 1.807) is 0 Å². The van der Waals surface area contributed by atoms with Crippen LogP contribution in [0.5, 0.6) is 11.5 Å². The maximum absolute atomic E-state index is 6.11. The van der Waals surface area contributed by atoms with Crippen LogP contribution in [0.1, 0.15) is 51.4 Å². The first-order chi connectivity index (χ1) is 19.8. The molecule has 0 amide bonds. The van der Waals surface area contributed by atoms with Crippen LogP contribution in [0.4, 0.5) is 5.69 Å². The number of thiocarbonyl (C=S) groups is 1. The van der Waals surface area contributed by atoms with Crippen molar-refractivity contribution >= 4 is 23.0 Å². The fourth-order valence-corrected chi connectivity index (χ4v) is 6.15. The molecule has 6 heteroatoms. The molecule has 0 saturated carbocycles. The van der Waals surface area contributed by atoms with E-state index in [0.29, 0.717) is 5.11 Å². The second-order valence-electron chi connectivity index (χ2n) is 10.8. The van der Waals surface area contributed by atoms with Gasteiger partial charge in [0.15, 0.2) is 5.11 Å². The van der Waals surface area contributed by atoms with Gasteiger partial charge in [-0.3, -0.25) is 4.98 Å². The van der Waals surface area contributed by atoms with Crippen LogP contribution < -0.4 is 15.0 Å². The Balaban J connectivity index is 1.42. The van der Waals surface area contributed by atoms with Gasteiger partial charge >= 0.3 is 0 Å². The zero-order valence-electron chi connectivity index (χ0n) is 24.1. The van der Waals surface area contributed by atoms with Gasteiger partial charge in [0.1, 0.15) is 11.5 Å². The lowest BCUT2D eigenvalue weighted by molar-refractivity contribution is 0.482. The van der Waals surface area contributed by atoms with Gasteiger partial charge in [0.25, 0.3) is 0 Å². The molecule has 3 heterocycles. The zero-order chi connectivity index (χ0) is 28.7. The van der Waals surface area contributed by atoms with Crippen molar-refractivity contribution in [2.45, 2.75) is 46.7 Å². The number of anilines is 1. The Morgan fingerprint density at radius 2 is 1.51 bits per heavy atom. The summed E-state index contributed by atoms with van der Waals surface area (Å²) in [6.07, 6.45) is 1.84. The van der Waals surface area contributed by atoms with Crippen LogP contribution >= 0.6 is 12.2 Å². The van der Waals surface area contributed by atoms with E-state index in [0.717, 1.165) is 22.9 Å². The summed E-state index contributed by atoms with van der Waals surface area (Å²) in [7, 11) is 0. The minimum Gasteiger partial charge on any atom is -0.457 e. The molecule has 1 saturated heterocycles. The summed E-state index contributed by atoms with van der Waals surface area (Å²) in [5, 5.41) is 4.27. The molecule has 2 atom stereocenters. The first kappa shape index (κ1) is 26.8. The third-order valence-electron chi connectivity index (χ3n) is 8.08. The van der Waals surface area contributed by atoms with Gasteiger partial charge in [-0.2, -0.15) is 0 Å². The van der Waals surface area contributed by atoms with Gasteiger partial charge in [0.05, 0.1) is 17.8 Å². The second kappa shape index (κ2) is 10.9. The van der Waals surface area contributed by atoms with Gasteiger partial charge in [-0.05, 0) is 124 Å². The van der Waals surface area contributed by atoms with Gasteiger partial charge in [0.2, 0.25) is 0 Å². The van der Waals surface area contributed by atoms with E-state index in [2.05, 4.69) is 104 Å². The predicted molar refractivity (Wildman–Crippen MR) is 170 cm³/mol. The summed E-state index contributed by atoms with van der Waals surface area (Å²) < 4.78 is 8.47. The molecule has 41 heavy (non-hydrogen) atoms. The average molecular weight is 559 g/mol. The number of hydrogen-bond acceptors (Lipinski definition) is 3. The van der Waals surface area contributed by atoms with Crippen molar-refractivity contribution in [3.05, 3.63) is 137 Å². The molecule has 0 bridgehead atoms. The summed E-state index contributed by atoms with van der Waals surface area (Å²) in [4.78, 5) is 6.96. The summed E-state index contributed by atoms with van der Waals surface area (Å²) in [6, 6.07) is 30.9. The fraction of sp³-hybridized carbons (Fsp3) is 0.200. The van der Waals surface area contributed by atoms with Crippen molar-refractivity contribution in [2.24, 2.45) is 0 Å². The molecule has 1 aliphatic heterocycles. The van der Waals surface area contributed by atoms with Gasteiger partial charge < -0.3 is 19.5 Å². The molecule has 2 aromatic heterocycles. The second-order valence-corrected chi connectivity index (χ2v) is 11.2. The molecule has 1 N–H and O–H groups in total. The lowest BCUT2D eigenvalue weighted by atomic mass is 9.96. The number of ether oxygens (including phenoxy) is 1. The molecular formula is C35H34N4OS. The highest BCUT2D eigenvalue weighted by atomic mass is 32.1. The quantitative estimate of drug-likeness (QED) is 0.212. The number of pyridine rings is 1. The molecule has 5 nitrogen and oxygen atoms in total. The van der Waals surface area contributed by atoms with E-state index in [4.69, 9.17) is 21.9 Å². The number of aromatic nitrogens is 2. The highest BCUT2D eigenvalue weighted by Crippen LogP contribution is 2.44.